The molecule has 0 saturated heterocycles. The number of hydrogen-bond acceptors (Lipinski definition) is 4. The average Bonchev–Trinajstić information content (AvgIpc) is 2.38. The molecule has 0 aliphatic carbocycles. The van der Waals surface area contributed by atoms with Crippen molar-refractivity contribution in [2.75, 3.05) is 5.73 Å². The van der Waals surface area contributed by atoms with Gasteiger partial charge in [-0.2, -0.15) is 0 Å². The first-order valence-corrected chi connectivity index (χ1v) is 5.38. The smallest absolute Gasteiger partial charge is 0.221 e. The molecule has 88 valence electrons. The van der Waals surface area contributed by atoms with Crippen molar-refractivity contribution in [1.82, 2.24) is 15.0 Å². The molecule has 1 aromatic carbocycles. The highest BCUT2D eigenvalue weighted by Crippen LogP contribution is 2.27. The highest BCUT2D eigenvalue weighted by molar-refractivity contribution is 5.92. The fourth-order valence-corrected chi connectivity index (χ4v) is 1.87. The lowest BCUT2D eigenvalue weighted by Crippen LogP contribution is -1.99. The molecule has 0 radical (unpaired) electrons. The molecule has 0 amide bonds. The number of rotatable bonds is 1. The Hall–Kier alpha value is -2.56. The largest absolute Gasteiger partial charge is 0.368 e. The first-order valence-electron chi connectivity index (χ1n) is 5.38. The zero-order valence-corrected chi connectivity index (χ0v) is 9.34. The number of anilines is 1. The van der Waals surface area contributed by atoms with E-state index in [0.29, 0.717) is 16.8 Å². The fourth-order valence-electron chi connectivity index (χ4n) is 1.87. The normalized spacial score (nSPS) is 10.7. The summed E-state index contributed by atoms with van der Waals surface area (Å²) in [7, 11) is 0. The molecule has 5 heteroatoms. The molecule has 0 unspecified atom stereocenters. The van der Waals surface area contributed by atoms with Crippen LogP contribution in [-0.2, 0) is 0 Å². The summed E-state index contributed by atoms with van der Waals surface area (Å²) in [6.07, 6.45) is 2.67. The number of para-hydroxylation sites is 1. The summed E-state index contributed by atoms with van der Waals surface area (Å²) in [5.74, 6) is -0.305. The SMILES string of the molecule is Nc1nc(-c2ccncc2F)c2ccccc2n1. The standard InChI is InChI=1S/C13H9FN4/c14-10-7-16-6-5-8(10)12-9-3-1-2-4-11(9)17-13(15)18-12/h1-7H,(H2,15,17,18). The molecule has 3 aromatic rings. The van der Waals surface area contributed by atoms with Crippen LogP contribution in [0.15, 0.2) is 42.7 Å². The summed E-state index contributed by atoms with van der Waals surface area (Å²) >= 11 is 0. The van der Waals surface area contributed by atoms with Gasteiger partial charge in [0.15, 0.2) is 5.82 Å². The first kappa shape index (κ1) is 10.6. The minimum absolute atomic E-state index is 0.125. The molecule has 0 bridgehead atoms. The molecule has 18 heavy (non-hydrogen) atoms. The summed E-state index contributed by atoms with van der Waals surface area (Å²) < 4.78 is 13.8. The number of aromatic nitrogens is 3. The molecular weight excluding hydrogens is 231 g/mol. The second kappa shape index (κ2) is 4.03. The molecule has 4 nitrogen and oxygen atoms in total. The number of benzene rings is 1. The maximum atomic E-state index is 13.8. The van der Waals surface area contributed by atoms with Gasteiger partial charge in [-0.25, -0.2) is 14.4 Å². The van der Waals surface area contributed by atoms with Crippen LogP contribution in [0.4, 0.5) is 10.3 Å². The maximum absolute atomic E-state index is 13.8. The summed E-state index contributed by atoms with van der Waals surface area (Å²) in [5.41, 5.74) is 7.20. The van der Waals surface area contributed by atoms with Crippen LogP contribution in [0.25, 0.3) is 22.2 Å². The Morgan fingerprint density at radius 3 is 2.72 bits per heavy atom. The molecular formula is C13H9FN4. The zero-order valence-electron chi connectivity index (χ0n) is 9.34. The lowest BCUT2D eigenvalue weighted by molar-refractivity contribution is 0.624. The van der Waals surface area contributed by atoms with Crippen LogP contribution in [0.3, 0.4) is 0 Å². The van der Waals surface area contributed by atoms with Crippen molar-refractivity contribution in [2.24, 2.45) is 0 Å². The van der Waals surface area contributed by atoms with E-state index in [1.54, 1.807) is 6.07 Å². The Bertz CT molecular complexity index is 727. The lowest BCUT2D eigenvalue weighted by atomic mass is 10.1. The summed E-state index contributed by atoms with van der Waals surface area (Å²) in [4.78, 5) is 12.0. The molecule has 0 saturated carbocycles. The number of fused-ring (bicyclic) bond motifs is 1. The van der Waals surface area contributed by atoms with Crippen molar-refractivity contribution in [3.63, 3.8) is 0 Å². The van der Waals surface area contributed by atoms with Gasteiger partial charge in [0, 0.05) is 17.1 Å². The van der Waals surface area contributed by atoms with Crippen molar-refractivity contribution >= 4 is 16.9 Å². The van der Waals surface area contributed by atoms with Crippen molar-refractivity contribution in [1.29, 1.82) is 0 Å². The van der Waals surface area contributed by atoms with Gasteiger partial charge in [0.1, 0.15) is 0 Å². The zero-order chi connectivity index (χ0) is 12.5. The topological polar surface area (TPSA) is 64.7 Å². The Balaban J connectivity index is 2.39. The van der Waals surface area contributed by atoms with Gasteiger partial charge in [-0.1, -0.05) is 18.2 Å². The molecule has 0 fully saturated rings. The van der Waals surface area contributed by atoms with Gasteiger partial charge in [-0.05, 0) is 12.1 Å². The Morgan fingerprint density at radius 1 is 1.06 bits per heavy atom. The van der Waals surface area contributed by atoms with Crippen LogP contribution in [0.2, 0.25) is 0 Å². The number of pyridine rings is 1. The van der Waals surface area contributed by atoms with E-state index in [1.165, 1.54) is 6.20 Å². The molecule has 2 aromatic heterocycles. The van der Waals surface area contributed by atoms with Gasteiger partial charge in [-0.15, -0.1) is 0 Å². The average molecular weight is 240 g/mol. The van der Waals surface area contributed by atoms with E-state index < -0.39 is 5.82 Å². The highest BCUT2D eigenvalue weighted by atomic mass is 19.1. The number of halogens is 1. The van der Waals surface area contributed by atoms with Gasteiger partial charge >= 0.3 is 0 Å². The van der Waals surface area contributed by atoms with Crippen LogP contribution in [0.1, 0.15) is 0 Å². The molecule has 0 atom stereocenters. The molecule has 0 aliphatic heterocycles. The number of nitrogen functional groups attached to an aromatic ring is 1. The predicted molar refractivity (Wildman–Crippen MR) is 67.1 cm³/mol. The highest BCUT2D eigenvalue weighted by Gasteiger charge is 2.11. The van der Waals surface area contributed by atoms with E-state index in [4.69, 9.17) is 5.73 Å². The number of nitrogens with two attached hydrogens (primary N) is 1. The summed E-state index contributed by atoms with van der Waals surface area (Å²) in [6.45, 7) is 0. The van der Waals surface area contributed by atoms with Crippen molar-refractivity contribution in [3.8, 4) is 11.3 Å². The molecule has 2 N–H and O–H groups in total. The quantitative estimate of drug-likeness (QED) is 0.709. The molecule has 0 aliphatic rings. The van der Waals surface area contributed by atoms with Gasteiger partial charge in [-0.3, -0.25) is 4.98 Å². The van der Waals surface area contributed by atoms with Crippen molar-refractivity contribution in [3.05, 3.63) is 48.5 Å². The third-order valence-electron chi connectivity index (χ3n) is 2.65. The van der Waals surface area contributed by atoms with E-state index in [0.717, 1.165) is 11.6 Å². The van der Waals surface area contributed by atoms with Crippen LogP contribution < -0.4 is 5.73 Å². The second-order valence-corrected chi connectivity index (χ2v) is 3.80. The van der Waals surface area contributed by atoms with E-state index in [2.05, 4.69) is 15.0 Å². The minimum atomic E-state index is -0.430. The van der Waals surface area contributed by atoms with E-state index in [1.807, 2.05) is 24.3 Å². The number of nitrogens with zero attached hydrogens (tertiary/aromatic N) is 3. The lowest BCUT2D eigenvalue weighted by Gasteiger charge is -2.07. The van der Waals surface area contributed by atoms with Gasteiger partial charge in [0.25, 0.3) is 0 Å². The third kappa shape index (κ3) is 1.66. The first-order chi connectivity index (χ1) is 8.75. The van der Waals surface area contributed by atoms with E-state index in [-0.39, 0.29) is 5.95 Å². The molecule has 2 heterocycles. The van der Waals surface area contributed by atoms with Crippen LogP contribution >= 0.6 is 0 Å². The van der Waals surface area contributed by atoms with E-state index in [9.17, 15) is 4.39 Å². The van der Waals surface area contributed by atoms with Crippen molar-refractivity contribution in [2.45, 2.75) is 0 Å². The van der Waals surface area contributed by atoms with Crippen LogP contribution in [0.5, 0.6) is 0 Å². The van der Waals surface area contributed by atoms with Gasteiger partial charge < -0.3 is 5.73 Å². The number of hydrogen-bond donors (Lipinski definition) is 1. The molecule has 3 rings (SSSR count). The summed E-state index contributed by atoms with van der Waals surface area (Å²) in [6, 6.07) is 8.93. The Kier molecular flexibility index (Phi) is 2.37. The minimum Gasteiger partial charge on any atom is -0.368 e. The summed E-state index contributed by atoms with van der Waals surface area (Å²) in [5, 5.41) is 0.761. The third-order valence-corrected chi connectivity index (χ3v) is 2.65. The second-order valence-electron chi connectivity index (χ2n) is 3.80. The van der Waals surface area contributed by atoms with Gasteiger partial charge in [0.2, 0.25) is 5.95 Å². The maximum Gasteiger partial charge on any atom is 0.221 e. The Labute approximate surface area is 102 Å². The fraction of sp³-hybridized carbons (Fsp3) is 0. The predicted octanol–water partition coefficient (Wildman–Crippen LogP) is 2.41. The van der Waals surface area contributed by atoms with Crippen LogP contribution in [0, 0.1) is 5.82 Å². The van der Waals surface area contributed by atoms with E-state index >= 15 is 0 Å². The molecule has 0 spiro atoms. The van der Waals surface area contributed by atoms with Gasteiger partial charge in [0.05, 0.1) is 17.4 Å². The van der Waals surface area contributed by atoms with Crippen LogP contribution in [-0.4, -0.2) is 15.0 Å². The van der Waals surface area contributed by atoms with Crippen molar-refractivity contribution < 1.29 is 4.39 Å². The monoisotopic (exact) mass is 240 g/mol. The Morgan fingerprint density at radius 2 is 1.89 bits per heavy atom.